The van der Waals surface area contributed by atoms with Gasteiger partial charge in [0.15, 0.2) is 0 Å². The molecule has 0 amide bonds. The molecule has 0 unspecified atom stereocenters. The first-order chi connectivity index (χ1) is 2.00. The van der Waals surface area contributed by atoms with Crippen LogP contribution in [-0.4, -0.2) is 0 Å². The maximum atomic E-state index is 3.25. The molecule has 0 aliphatic heterocycles. The standard InChI is InChI=1S/C2H5.Ag.HI/c1-2;;/h1H2,2H3;;1H/q;+1;/p-1. The average molecular weight is 264 g/mol. The fourth-order valence-corrected chi connectivity index (χ4v) is 0. The third-order valence-electron chi connectivity index (χ3n) is 0. The molecule has 0 heterocycles. The Morgan fingerprint density at radius 3 is 1.50 bits per heavy atom. The summed E-state index contributed by atoms with van der Waals surface area (Å²) in [4.78, 5) is 0. The van der Waals surface area contributed by atoms with Crippen molar-refractivity contribution in [3.8, 4) is 0 Å². The van der Waals surface area contributed by atoms with Gasteiger partial charge in [-0.1, -0.05) is 13.8 Å². The second kappa shape index (κ2) is 24.9. The molecule has 0 saturated carbocycles. The predicted molar refractivity (Wildman–Crippen MR) is 25.1 cm³/mol. The molecule has 0 aliphatic carbocycles. The molecule has 4 heavy (non-hydrogen) atoms. The van der Waals surface area contributed by atoms with Crippen molar-refractivity contribution in [2.24, 2.45) is 0 Å². The molecule has 0 aromatic heterocycles. The summed E-state index contributed by atoms with van der Waals surface area (Å²) >= 11 is 4.88. The Hall–Kier alpha value is 1.47. The third kappa shape index (κ3) is 9.80. The molecule has 0 spiro atoms. The van der Waals surface area contributed by atoms with Gasteiger partial charge < -0.3 is 0 Å². The van der Waals surface area contributed by atoms with Crippen molar-refractivity contribution in [3.63, 3.8) is 0 Å². The van der Waals surface area contributed by atoms with Crippen LogP contribution in [0.1, 0.15) is 6.92 Å². The van der Waals surface area contributed by atoms with E-state index in [0.29, 0.717) is 0 Å². The van der Waals surface area contributed by atoms with Crippen molar-refractivity contribution >= 4 is 19.0 Å². The number of rotatable bonds is 0. The molecular weight excluding hydrogens is 259 g/mol. The Labute approximate surface area is 49.8 Å². The molecule has 0 aliphatic rings. The zero-order valence-electron chi connectivity index (χ0n) is 2.39. The van der Waals surface area contributed by atoms with E-state index in [9.17, 15) is 0 Å². The molecule has 0 bridgehead atoms. The number of halogens is 1. The average Bonchev–Trinajstić information content (AvgIpc) is 1.50. The minimum Gasteiger partial charge on any atom is -0.0654 e. The van der Waals surface area contributed by atoms with Gasteiger partial charge in [-0.25, -0.2) is 0 Å². The van der Waals surface area contributed by atoms with Crippen LogP contribution in [-0.2, 0) is 17.3 Å². The summed E-state index contributed by atoms with van der Waals surface area (Å²) in [6.07, 6.45) is 0. The summed E-state index contributed by atoms with van der Waals surface area (Å²) in [6.45, 7) is 5.00. The van der Waals surface area contributed by atoms with Gasteiger partial charge in [0, 0.05) is 0 Å². The van der Waals surface area contributed by atoms with E-state index in [1.54, 1.807) is 6.92 Å². The van der Waals surface area contributed by atoms with Gasteiger partial charge in [0.25, 0.3) is 0 Å². The van der Waals surface area contributed by atoms with E-state index in [4.69, 9.17) is 0 Å². The molecule has 2 heteroatoms. The SMILES string of the molecule is [Ag][I].[CH2]C. The first kappa shape index (κ1) is 9.08. The van der Waals surface area contributed by atoms with Gasteiger partial charge in [0.05, 0.1) is 0 Å². The van der Waals surface area contributed by atoms with E-state index >= 15 is 0 Å². The molecule has 0 atom stereocenters. The Morgan fingerprint density at radius 1 is 1.50 bits per heavy atom. The zero-order valence-corrected chi connectivity index (χ0v) is 6.03. The van der Waals surface area contributed by atoms with Crippen LogP contribution in [0.5, 0.6) is 0 Å². The van der Waals surface area contributed by atoms with E-state index in [2.05, 4.69) is 24.2 Å². The molecule has 0 aromatic rings. The van der Waals surface area contributed by atoms with Crippen LogP contribution in [0.25, 0.3) is 0 Å². The molecule has 0 rings (SSSR count). The van der Waals surface area contributed by atoms with Gasteiger partial charge in [-0.15, -0.1) is 0 Å². The fraction of sp³-hybridized carbons (Fsp3) is 0.500. The summed E-state index contributed by atoms with van der Waals surface area (Å²) in [7, 11) is 0. The Kier molecular flexibility index (Phi) is 56.5. The van der Waals surface area contributed by atoms with Crippen molar-refractivity contribution in [3.05, 3.63) is 6.92 Å². The van der Waals surface area contributed by atoms with Crippen LogP contribution in [0.3, 0.4) is 0 Å². The Morgan fingerprint density at radius 2 is 1.50 bits per heavy atom. The number of hydrogen-bond donors (Lipinski definition) is 0. The van der Waals surface area contributed by atoms with E-state index < -0.39 is 0 Å². The maximum absolute atomic E-state index is 3.25. The van der Waals surface area contributed by atoms with Crippen molar-refractivity contribution < 1.29 is 17.3 Å². The van der Waals surface area contributed by atoms with Crippen LogP contribution in [0.2, 0.25) is 0 Å². The van der Waals surface area contributed by atoms with E-state index in [0.717, 1.165) is 0 Å². The smallest absolute Gasteiger partial charge is 0.0564 e. The fourth-order valence-electron chi connectivity index (χ4n) is 0. The minimum absolute atomic E-state index is 1.75. The van der Waals surface area contributed by atoms with Gasteiger partial charge in [0.1, 0.15) is 0 Å². The van der Waals surface area contributed by atoms with Crippen LogP contribution >= 0.6 is 19.0 Å². The Balaban J connectivity index is 0. The minimum atomic E-state index is 1.75. The monoisotopic (exact) mass is 263 g/mol. The summed E-state index contributed by atoms with van der Waals surface area (Å²) in [5.74, 6) is 0. The quantitative estimate of drug-likeness (QED) is 0.461. The molecule has 0 aromatic carbocycles. The summed E-state index contributed by atoms with van der Waals surface area (Å²) in [5, 5.41) is 0. The van der Waals surface area contributed by atoms with E-state index in [-0.39, 0.29) is 0 Å². The Bertz CT molecular complexity index is 6.00. The summed E-state index contributed by atoms with van der Waals surface area (Å²) in [5.41, 5.74) is 0. The van der Waals surface area contributed by atoms with Crippen molar-refractivity contribution in [1.82, 2.24) is 0 Å². The van der Waals surface area contributed by atoms with Gasteiger partial charge in [-0.05, 0) is 0 Å². The number of hydrogen-bond acceptors (Lipinski definition) is 0. The zero-order chi connectivity index (χ0) is 4.00. The summed E-state index contributed by atoms with van der Waals surface area (Å²) < 4.78 is 0. The summed E-state index contributed by atoms with van der Waals surface area (Å²) in [6, 6.07) is 0. The predicted octanol–water partition coefficient (Wildman–Crippen LogP) is 1.72. The van der Waals surface area contributed by atoms with Gasteiger partial charge in [-0.2, -0.15) is 0 Å². The van der Waals surface area contributed by atoms with Gasteiger partial charge in [-0.3, -0.25) is 0 Å². The van der Waals surface area contributed by atoms with Crippen molar-refractivity contribution in [1.29, 1.82) is 0 Å². The van der Waals surface area contributed by atoms with E-state index in [1.807, 2.05) is 19.0 Å². The second-order valence-corrected chi connectivity index (χ2v) is 0. The van der Waals surface area contributed by atoms with Gasteiger partial charge in [0.2, 0.25) is 0 Å². The van der Waals surface area contributed by atoms with Crippen LogP contribution in [0.4, 0.5) is 0 Å². The normalized spacial score (nSPS) is 3.25. The van der Waals surface area contributed by atoms with Crippen molar-refractivity contribution in [2.45, 2.75) is 6.92 Å². The van der Waals surface area contributed by atoms with Crippen LogP contribution in [0, 0.1) is 6.92 Å². The first-order valence-corrected chi connectivity index (χ1v) is 5.23. The topological polar surface area (TPSA) is 0 Å². The molecular formula is C2H5AgI. The molecule has 31 valence electrons. The molecule has 0 N–H and O–H groups in total. The molecule has 0 saturated heterocycles. The third-order valence-corrected chi connectivity index (χ3v) is 0. The van der Waals surface area contributed by atoms with Crippen LogP contribution in [0.15, 0.2) is 0 Å². The largest absolute Gasteiger partial charge is 0.0654 e. The second-order valence-electron chi connectivity index (χ2n) is 0. The molecule has 0 nitrogen and oxygen atoms in total. The first-order valence-electron chi connectivity index (χ1n) is 0.821. The van der Waals surface area contributed by atoms with Crippen molar-refractivity contribution in [2.75, 3.05) is 0 Å². The molecule has 1 radical (unpaired) electrons. The van der Waals surface area contributed by atoms with Gasteiger partial charge >= 0.3 is 36.3 Å². The van der Waals surface area contributed by atoms with Crippen LogP contribution < -0.4 is 0 Å². The molecule has 0 fully saturated rings. The maximum Gasteiger partial charge on any atom is -0.0564 e. The van der Waals surface area contributed by atoms with E-state index in [1.165, 1.54) is 0 Å².